The van der Waals surface area contributed by atoms with Gasteiger partial charge < -0.3 is 10.6 Å². The summed E-state index contributed by atoms with van der Waals surface area (Å²) in [5, 5.41) is 1.99. The second-order valence-corrected chi connectivity index (χ2v) is 6.62. The zero-order chi connectivity index (χ0) is 17.3. The lowest BCUT2D eigenvalue weighted by Gasteiger charge is -2.14. The molecule has 1 aliphatic heterocycles. The number of thiazole rings is 1. The topological polar surface area (TPSA) is 59.2 Å². The fourth-order valence-corrected chi connectivity index (χ4v) is 3.50. The Hall–Kier alpha value is -1.35. The normalized spacial score (nSPS) is 16.8. The highest BCUT2D eigenvalue weighted by Gasteiger charge is 2.31. The lowest BCUT2D eigenvalue weighted by atomic mass is 10.1. The number of alkyl halides is 3. The van der Waals surface area contributed by atoms with Gasteiger partial charge in [-0.3, -0.25) is 4.79 Å². The van der Waals surface area contributed by atoms with Gasteiger partial charge >= 0.3 is 6.18 Å². The van der Waals surface area contributed by atoms with Crippen LogP contribution in [0.25, 0.3) is 10.6 Å². The molecular weight excluding hydrogens is 410 g/mol. The number of likely N-dealkylation sites (tertiary alicyclic amines) is 1. The fourth-order valence-electron chi connectivity index (χ4n) is 2.70. The van der Waals surface area contributed by atoms with Crippen molar-refractivity contribution in [3.63, 3.8) is 0 Å². The molecule has 10 heteroatoms. The van der Waals surface area contributed by atoms with Gasteiger partial charge in [-0.05, 0) is 31.0 Å². The largest absolute Gasteiger partial charge is 0.416 e. The monoisotopic (exact) mass is 427 g/mol. The van der Waals surface area contributed by atoms with E-state index in [2.05, 4.69) is 4.98 Å². The van der Waals surface area contributed by atoms with Gasteiger partial charge in [-0.1, -0.05) is 12.1 Å². The molecule has 0 radical (unpaired) electrons. The summed E-state index contributed by atoms with van der Waals surface area (Å²) in [5.74, 6) is 0.107. The Balaban J connectivity index is 0.00000169. The summed E-state index contributed by atoms with van der Waals surface area (Å²) >= 11 is 1.16. The Labute approximate surface area is 165 Å². The van der Waals surface area contributed by atoms with Crippen molar-refractivity contribution >= 4 is 42.1 Å². The van der Waals surface area contributed by atoms with Gasteiger partial charge in [0.2, 0.25) is 0 Å². The molecule has 0 bridgehead atoms. The van der Waals surface area contributed by atoms with Crippen molar-refractivity contribution in [1.82, 2.24) is 9.88 Å². The molecule has 0 aliphatic carbocycles. The van der Waals surface area contributed by atoms with Gasteiger partial charge in [-0.15, -0.1) is 36.2 Å². The Kier molecular flexibility index (Phi) is 7.88. The zero-order valence-electron chi connectivity index (χ0n) is 13.5. The first-order valence-corrected chi connectivity index (χ1v) is 8.39. The predicted molar refractivity (Wildman–Crippen MR) is 100 cm³/mol. The van der Waals surface area contributed by atoms with E-state index in [0.717, 1.165) is 29.9 Å². The van der Waals surface area contributed by atoms with E-state index in [0.29, 0.717) is 36.1 Å². The van der Waals surface area contributed by atoms with Gasteiger partial charge in [-0.25, -0.2) is 4.98 Å². The van der Waals surface area contributed by atoms with Crippen LogP contribution in [-0.2, 0) is 6.18 Å². The van der Waals surface area contributed by atoms with Crippen LogP contribution in [0.5, 0.6) is 0 Å². The molecule has 26 heavy (non-hydrogen) atoms. The van der Waals surface area contributed by atoms with Gasteiger partial charge in [0, 0.05) is 24.0 Å². The Morgan fingerprint density at radius 2 is 2.08 bits per heavy atom. The van der Waals surface area contributed by atoms with Crippen LogP contribution in [0, 0.1) is 5.92 Å². The standard InChI is InChI=1S/C16H16F3N3OS.2ClH/c17-16(18,19)12-3-1-2-11(6-12)14-21-13(9-24-14)15(23)22-5-4-10(7-20)8-22;;/h1-3,6,9-10H,4-5,7-8,20H2;2*1H. The Bertz CT molecular complexity index is 754. The number of nitrogens with zero attached hydrogens (tertiary/aromatic N) is 2. The van der Waals surface area contributed by atoms with Crippen LogP contribution < -0.4 is 5.73 Å². The molecule has 1 amide bonds. The van der Waals surface area contributed by atoms with E-state index in [9.17, 15) is 18.0 Å². The highest BCUT2D eigenvalue weighted by molar-refractivity contribution is 7.13. The predicted octanol–water partition coefficient (Wildman–Crippen LogP) is 4.09. The van der Waals surface area contributed by atoms with Gasteiger partial charge in [-0.2, -0.15) is 13.2 Å². The maximum Gasteiger partial charge on any atom is 0.416 e. The van der Waals surface area contributed by atoms with Crippen LogP contribution in [0.3, 0.4) is 0 Å². The van der Waals surface area contributed by atoms with E-state index in [1.165, 1.54) is 6.07 Å². The lowest BCUT2D eigenvalue weighted by molar-refractivity contribution is -0.137. The van der Waals surface area contributed by atoms with Crippen molar-refractivity contribution in [2.75, 3.05) is 19.6 Å². The van der Waals surface area contributed by atoms with Crippen molar-refractivity contribution in [2.24, 2.45) is 11.7 Å². The number of hydrogen-bond donors (Lipinski definition) is 1. The minimum absolute atomic E-state index is 0. The van der Waals surface area contributed by atoms with Gasteiger partial charge in [0.25, 0.3) is 5.91 Å². The molecule has 1 aromatic heterocycles. The van der Waals surface area contributed by atoms with E-state index in [-0.39, 0.29) is 36.4 Å². The smallest absolute Gasteiger partial charge is 0.337 e. The summed E-state index contributed by atoms with van der Waals surface area (Å²) in [6.07, 6.45) is -3.54. The third kappa shape index (κ3) is 4.88. The highest BCUT2D eigenvalue weighted by atomic mass is 35.5. The Morgan fingerprint density at radius 3 is 2.69 bits per heavy atom. The number of carbonyl (C=O) groups excluding carboxylic acids is 1. The van der Waals surface area contributed by atoms with Crippen molar-refractivity contribution in [3.8, 4) is 10.6 Å². The number of halogens is 5. The second-order valence-electron chi connectivity index (χ2n) is 5.76. The summed E-state index contributed by atoms with van der Waals surface area (Å²) in [5.41, 5.74) is 5.52. The molecule has 2 aromatic rings. The van der Waals surface area contributed by atoms with Crippen LogP contribution in [0.2, 0.25) is 0 Å². The number of nitrogens with two attached hydrogens (primary N) is 1. The number of aromatic nitrogens is 1. The number of benzene rings is 1. The first-order valence-electron chi connectivity index (χ1n) is 7.51. The molecule has 1 unspecified atom stereocenters. The molecule has 0 saturated carbocycles. The number of carbonyl (C=O) groups is 1. The maximum absolute atomic E-state index is 12.8. The summed E-state index contributed by atoms with van der Waals surface area (Å²) in [4.78, 5) is 18.4. The first-order chi connectivity index (χ1) is 11.4. The summed E-state index contributed by atoms with van der Waals surface area (Å²) < 4.78 is 38.4. The SMILES string of the molecule is Cl.Cl.NCC1CCN(C(=O)c2csc(-c3cccc(C(F)(F)F)c3)n2)C1. The van der Waals surface area contributed by atoms with Crippen molar-refractivity contribution in [3.05, 3.63) is 40.9 Å². The van der Waals surface area contributed by atoms with Crippen molar-refractivity contribution in [2.45, 2.75) is 12.6 Å². The number of amides is 1. The number of rotatable bonds is 3. The Morgan fingerprint density at radius 1 is 1.35 bits per heavy atom. The minimum Gasteiger partial charge on any atom is -0.337 e. The molecule has 1 fully saturated rings. The second kappa shape index (κ2) is 9.03. The van der Waals surface area contributed by atoms with Gasteiger partial charge in [0.1, 0.15) is 10.7 Å². The van der Waals surface area contributed by atoms with Crippen LogP contribution in [-0.4, -0.2) is 35.4 Å². The number of hydrogen-bond acceptors (Lipinski definition) is 4. The quantitative estimate of drug-likeness (QED) is 0.801. The van der Waals surface area contributed by atoms with Crippen LogP contribution in [0.15, 0.2) is 29.6 Å². The molecule has 1 saturated heterocycles. The fraction of sp³-hybridized carbons (Fsp3) is 0.375. The summed E-state index contributed by atoms with van der Waals surface area (Å²) in [7, 11) is 0. The first kappa shape index (κ1) is 22.7. The molecule has 1 aromatic carbocycles. The highest BCUT2D eigenvalue weighted by Crippen LogP contribution is 2.33. The third-order valence-electron chi connectivity index (χ3n) is 4.07. The summed E-state index contributed by atoms with van der Waals surface area (Å²) in [6.45, 7) is 1.78. The summed E-state index contributed by atoms with van der Waals surface area (Å²) in [6, 6.07) is 4.96. The van der Waals surface area contributed by atoms with E-state index < -0.39 is 11.7 Å². The van der Waals surface area contributed by atoms with Crippen LogP contribution in [0.4, 0.5) is 13.2 Å². The van der Waals surface area contributed by atoms with Crippen molar-refractivity contribution < 1.29 is 18.0 Å². The van der Waals surface area contributed by atoms with E-state index in [1.807, 2.05) is 0 Å². The molecule has 3 rings (SSSR count). The average Bonchev–Trinajstić information content (AvgIpc) is 3.23. The molecule has 2 heterocycles. The van der Waals surface area contributed by atoms with Crippen LogP contribution >= 0.6 is 36.2 Å². The molecular formula is C16H18Cl2F3N3OS. The van der Waals surface area contributed by atoms with Gasteiger partial charge in [0.05, 0.1) is 5.56 Å². The third-order valence-corrected chi connectivity index (χ3v) is 4.96. The van der Waals surface area contributed by atoms with E-state index >= 15 is 0 Å². The molecule has 1 atom stereocenters. The van der Waals surface area contributed by atoms with Crippen molar-refractivity contribution in [1.29, 1.82) is 0 Å². The lowest BCUT2D eigenvalue weighted by Crippen LogP contribution is -2.30. The van der Waals surface area contributed by atoms with E-state index in [4.69, 9.17) is 5.73 Å². The molecule has 2 N–H and O–H groups in total. The van der Waals surface area contributed by atoms with Gasteiger partial charge in [0.15, 0.2) is 0 Å². The zero-order valence-corrected chi connectivity index (χ0v) is 16.0. The average molecular weight is 428 g/mol. The molecule has 4 nitrogen and oxygen atoms in total. The molecule has 1 aliphatic rings. The molecule has 0 spiro atoms. The molecule has 144 valence electrons. The van der Waals surface area contributed by atoms with E-state index in [1.54, 1.807) is 16.3 Å². The maximum atomic E-state index is 12.8. The van der Waals surface area contributed by atoms with Crippen LogP contribution in [0.1, 0.15) is 22.5 Å². The minimum atomic E-state index is -4.40.